The molecule has 2 aromatic rings. The SMILES string of the molecule is CCOC(C(NC)c1cc2cc(Cl)ccc2o1)C(C)(C)C. The Bertz CT molecular complexity index is 600. The molecule has 2 unspecified atom stereocenters. The van der Waals surface area contributed by atoms with E-state index >= 15 is 0 Å². The van der Waals surface area contributed by atoms with E-state index < -0.39 is 0 Å². The number of hydrogen-bond acceptors (Lipinski definition) is 3. The molecule has 4 heteroatoms. The van der Waals surface area contributed by atoms with E-state index in [4.69, 9.17) is 20.8 Å². The van der Waals surface area contributed by atoms with Crippen molar-refractivity contribution in [1.29, 1.82) is 0 Å². The molecule has 0 saturated carbocycles. The standard InChI is InChI=1S/C17H24ClNO2/c1-6-20-16(17(2,3)4)15(19-5)14-10-11-9-12(18)7-8-13(11)21-14/h7-10,15-16,19H,6H2,1-5H3. The van der Waals surface area contributed by atoms with Gasteiger partial charge in [0, 0.05) is 17.0 Å². The van der Waals surface area contributed by atoms with Gasteiger partial charge in [-0.05, 0) is 43.7 Å². The molecule has 0 aliphatic carbocycles. The predicted molar refractivity (Wildman–Crippen MR) is 87.9 cm³/mol. The van der Waals surface area contributed by atoms with Crippen LogP contribution in [-0.4, -0.2) is 19.8 Å². The molecular weight excluding hydrogens is 286 g/mol. The second kappa shape index (κ2) is 6.39. The van der Waals surface area contributed by atoms with Gasteiger partial charge >= 0.3 is 0 Å². The molecule has 2 rings (SSSR count). The molecular formula is C17H24ClNO2. The molecule has 0 aliphatic rings. The van der Waals surface area contributed by atoms with Crippen LogP contribution in [0.4, 0.5) is 0 Å². The van der Waals surface area contributed by atoms with Crippen molar-refractivity contribution in [3.8, 4) is 0 Å². The normalized spacial score (nSPS) is 15.3. The number of rotatable bonds is 5. The highest BCUT2D eigenvalue weighted by Crippen LogP contribution is 2.35. The first-order chi connectivity index (χ1) is 9.86. The van der Waals surface area contributed by atoms with Crippen molar-refractivity contribution in [3.63, 3.8) is 0 Å². The van der Waals surface area contributed by atoms with Gasteiger partial charge in [0.25, 0.3) is 0 Å². The number of nitrogens with one attached hydrogen (secondary N) is 1. The maximum Gasteiger partial charge on any atom is 0.134 e. The summed E-state index contributed by atoms with van der Waals surface area (Å²) < 4.78 is 12.0. The summed E-state index contributed by atoms with van der Waals surface area (Å²) in [4.78, 5) is 0. The van der Waals surface area contributed by atoms with Crippen LogP contribution in [0.25, 0.3) is 11.0 Å². The summed E-state index contributed by atoms with van der Waals surface area (Å²) >= 11 is 6.04. The zero-order chi connectivity index (χ0) is 15.6. The van der Waals surface area contributed by atoms with Crippen LogP contribution in [0.5, 0.6) is 0 Å². The van der Waals surface area contributed by atoms with E-state index in [0.29, 0.717) is 11.6 Å². The molecule has 0 aliphatic heterocycles. The van der Waals surface area contributed by atoms with Gasteiger partial charge in [-0.1, -0.05) is 32.4 Å². The molecule has 0 saturated heterocycles. The van der Waals surface area contributed by atoms with Gasteiger partial charge in [-0.15, -0.1) is 0 Å². The lowest BCUT2D eigenvalue weighted by molar-refractivity contribution is -0.0390. The van der Waals surface area contributed by atoms with Crippen molar-refractivity contribution in [2.45, 2.75) is 39.8 Å². The molecule has 1 N–H and O–H groups in total. The molecule has 3 nitrogen and oxygen atoms in total. The molecule has 116 valence electrons. The summed E-state index contributed by atoms with van der Waals surface area (Å²) in [7, 11) is 1.93. The summed E-state index contributed by atoms with van der Waals surface area (Å²) in [6, 6.07) is 7.70. The lowest BCUT2D eigenvalue weighted by Crippen LogP contribution is -2.40. The Kier molecular flexibility index (Phi) is 4.97. The highest BCUT2D eigenvalue weighted by Gasteiger charge is 2.35. The van der Waals surface area contributed by atoms with E-state index in [9.17, 15) is 0 Å². The number of fused-ring (bicyclic) bond motifs is 1. The average Bonchev–Trinajstić information content (AvgIpc) is 2.80. The molecule has 2 atom stereocenters. The maximum atomic E-state index is 6.04. The minimum atomic E-state index is -0.00359. The third kappa shape index (κ3) is 3.60. The zero-order valence-electron chi connectivity index (χ0n) is 13.4. The van der Waals surface area contributed by atoms with E-state index in [1.165, 1.54) is 0 Å². The number of benzene rings is 1. The number of likely N-dealkylation sites (N-methyl/N-ethyl adjacent to an activating group) is 1. The Balaban J connectivity index is 2.41. The van der Waals surface area contributed by atoms with Crippen LogP contribution in [0.3, 0.4) is 0 Å². The van der Waals surface area contributed by atoms with Gasteiger partial charge in [-0.2, -0.15) is 0 Å². The molecule has 0 spiro atoms. The Labute approximate surface area is 131 Å². The van der Waals surface area contributed by atoms with E-state index in [0.717, 1.165) is 16.7 Å². The fourth-order valence-electron chi connectivity index (χ4n) is 2.66. The van der Waals surface area contributed by atoms with Crippen LogP contribution in [-0.2, 0) is 4.74 Å². The number of furan rings is 1. The molecule has 0 bridgehead atoms. The van der Waals surface area contributed by atoms with E-state index in [1.807, 2.05) is 38.2 Å². The smallest absolute Gasteiger partial charge is 0.134 e. The van der Waals surface area contributed by atoms with Crippen LogP contribution in [0.2, 0.25) is 5.02 Å². The second-order valence-electron chi connectivity index (χ2n) is 6.34. The van der Waals surface area contributed by atoms with Crippen LogP contribution in [0.15, 0.2) is 28.7 Å². The largest absolute Gasteiger partial charge is 0.459 e. The third-order valence-corrected chi connectivity index (χ3v) is 3.85. The van der Waals surface area contributed by atoms with E-state index in [-0.39, 0.29) is 17.6 Å². The summed E-state index contributed by atoms with van der Waals surface area (Å²) in [6.07, 6.45) is 0.0172. The lowest BCUT2D eigenvalue weighted by atomic mass is 9.83. The van der Waals surface area contributed by atoms with Crippen molar-refractivity contribution < 1.29 is 9.15 Å². The van der Waals surface area contributed by atoms with Gasteiger partial charge in [0.1, 0.15) is 11.3 Å². The lowest BCUT2D eigenvalue weighted by Gasteiger charge is -2.35. The quantitative estimate of drug-likeness (QED) is 0.861. The highest BCUT2D eigenvalue weighted by atomic mass is 35.5. The first kappa shape index (κ1) is 16.3. The minimum absolute atomic E-state index is 0.000304. The zero-order valence-corrected chi connectivity index (χ0v) is 14.1. The maximum absolute atomic E-state index is 6.04. The molecule has 0 fully saturated rings. The summed E-state index contributed by atoms with van der Waals surface area (Å²) in [6.45, 7) is 9.22. The molecule has 0 amide bonds. The Morgan fingerprint density at radius 2 is 2.00 bits per heavy atom. The summed E-state index contributed by atoms with van der Waals surface area (Å²) in [5.41, 5.74) is 0.846. The molecule has 21 heavy (non-hydrogen) atoms. The van der Waals surface area contributed by atoms with Gasteiger partial charge in [-0.3, -0.25) is 0 Å². The third-order valence-electron chi connectivity index (χ3n) is 3.62. The van der Waals surface area contributed by atoms with Crippen LogP contribution in [0, 0.1) is 5.41 Å². The minimum Gasteiger partial charge on any atom is -0.459 e. The van der Waals surface area contributed by atoms with Crippen LogP contribution >= 0.6 is 11.6 Å². The highest BCUT2D eigenvalue weighted by molar-refractivity contribution is 6.31. The monoisotopic (exact) mass is 309 g/mol. The fourth-order valence-corrected chi connectivity index (χ4v) is 2.84. The number of halogens is 1. The van der Waals surface area contributed by atoms with Gasteiger partial charge < -0.3 is 14.5 Å². The first-order valence-corrected chi connectivity index (χ1v) is 7.72. The summed E-state index contributed by atoms with van der Waals surface area (Å²) in [5, 5.41) is 5.07. The van der Waals surface area contributed by atoms with Crippen LogP contribution < -0.4 is 5.32 Å². The summed E-state index contributed by atoms with van der Waals surface area (Å²) in [5.74, 6) is 0.878. The Morgan fingerprint density at radius 1 is 1.29 bits per heavy atom. The second-order valence-corrected chi connectivity index (χ2v) is 6.78. The Morgan fingerprint density at radius 3 is 2.57 bits per heavy atom. The van der Waals surface area contributed by atoms with E-state index in [2.05, 4.69) is 26.1 Å². The van der Waals surface area contributed by atoms with Gasteiger partial charge in [0.2, 0.25) is 0 Å². The van der Waals surface area contributed by atoms with E-state index in [1.54, 1.807) is 0 Å². The Hall–Kier alpha value is -1.03. The van der Waals surface area contributed by atoms with Crippen molar-refractivity contribution in [3.05, 3.63) is 35.0 Å². The number of hydrogen-bond donors (Lipinski definition) is 1. The molecule has 1 aromatic heterocycles. The number of ether oxygens (including phenoxy) is 1. The molecule has 1 aromatic carbocycles. The molecule has 1 heterocycles. The topological polar surface area (TPSA) is 34.4 Å². The fraction of sp³-hybridized carbons (Fsp3) is 0.529. The van der Waals surface area contributed by atoms with Gasteiger partial charge in [0.05, 0.1) is 12.1 Å². The van der Waals surface area contributed by atoms with Crippen molar-refractivity contribution >= 4 is 22.6 Å². The average molecular weight is 310 g/mol. The van der Waals surface area contributed by atoms with Gasteiger partial charge in [0.15, 0.2) is 0 Å². The van der Waals surface area contributed by atoms with Crippen LogP contribution in [0.1, 0.15) is 39.5 Å². The molecule has 0 radical (unpaired) electrons. The first-order valence-electron chi connectivity index (χ1n) is 7.34. The van der Waals surface area contributed by atoms with Gasteiger partial charge in [-0.25, -0.2) is 0 Å². The van der Waals surface area contributed by atoms with Crippen molar-refractivity contribution in [2.75, 3.05) is 13.7 Å². The van der Waals surface area contributed by atoms with Crippen molar-refractivity contribution in [2.24, 2.45) is 5.41 Å². The predicted octanol–water partition coefficient (Wildman–Crippen LogP) is 4.80. The van der Waals surface area contributed by atoms with Crippen molar-refractivity contribution in [1.82, 2.24) is 5.32 Å².